The molecular weight excluding hydrogens is 176 g/mol. The van der Waals surface area contributed by atoms with Gasteiger partial charge in [0.15, 0.2) is 0 Å². The molecule has 70 valence electrons. The molecule has 0 N–H and O–H groups in total. The zero-order valence-corrected chi connectivity index (χ0v) is 9.12. The second-order valence-corrected chi connectivity index (χ2v) is 4.10. The summed E-state index contributed by atoms with van der Waals surface area (Å²) >= 11 is 0. The predicted molar refractivity (Wildman–Crippen MR) is 56.7 cm³/mol. The standard InChI is InChI=1S/C11H16OSi/c1-2-3-9-13-12-10-11-7-5-4-6-8-11/h4-8H,2-3,9-10H2,1H3. The lowest BCUT2D eigenvalue weighted by molar-refractivity contribution is 0.323. The van der Waals surface area contributed by atoms with E-state index in [9.17, 15) is 0 Å². The highest BCUT2D eigenvalue weighted by molar-refractivity contribution is 6.26. The maximum Gasteiger partial charge on any atom is 0.230 e. The summed E-state index contributed by atoms with van der Waals surface area (Å²) in [7, 11) is 0.665. The van der Waals surface area contributed by atoms with Crippen LogP contribution in [0.1, 0.15) is 25.3 Å². The molecule has 0 saturated carbocycles. The third-order valence-corrected chi connectivity index (χ3v) is 2.72. The Morgan fingerprint density at radius 2 is 2.00 bits per heavy atom. The van der Waals surface area contributed by atoms with Crippen molar-refractivity contribution < 1.29 is 4.43 Å². The minimum absolute atomic E-state index is 0.665. The third-order valence-electron chi connectivity index (χ3n) is 1.82. The second-order valence-electron chi connectivity index (χ2n) is 3.02. The lowest BCUT2D eigenvalue weighted by atomic mass is 10.2. The average molecular weight is 192 g/mol. The van der Waals surface area contributed by atoms with Crippen LogP contribution in [0.2, 0.25) is 6.04 Å². The van der Waals surface area contributed by atoms with Crippen molar-refractivity contribution in [2.45, 2.75) is 32.4 Å². The summed E-state index contributed by atoms with van der Waals surface area (Å²) in [5.74, 6) is 0. The molecule has 1 nitrogen and oxygen atoms in total. The molecule has 0 saturated heterocycles. The average Bonchev–Trinajstić information content (AvgIpc) is 2.19. The SMILES string of the molecule is CCCC[Si]OCc1ccccc1. The molecule has 13 heavy (non-hydrogen) atoms. The molecule has 0 heterocycles. The quantitative estimate of drug-likeness (QED) is 0.497. The predicted octanol–water partition coefficient (Wildman–Crippen LogP) is 3.04. The molecule has 2 heteroatoms. The van der Waals surface area contributed by atoms with Gasteiger partial charge in [-0.3, -0.25) is 0 Å². The molecule has 0 bridgehead atoms. The third kappa shape index (κ3) is 4.86. The first-order valence-corrected chi connectivity index (χ1v) is 5.93. The van der Waals surface area contributed by atoms with E-state index >= 15 is 0 Å². The molecule has 0 aliphatic carbocycles. The summed E-state index contributed by atoms with van der Waals surface area (Å²) in [5.41, 5.74) is 1.27. The maximum atomic E-state index is 5.55. The van der Waals surface area contributed by atoms with E-state index in [1.807, 2.05) is 18.2 Å². The van der Waals surface area contributed by atoms with E-state index in [2.05, 4.69) is 19.1 Å². The fourth-order valence-corrected chi connectivity index (χ4v) is 1.94. The molecule has 2 radical (unpaired) electrons. The van der Waals surface area contributed by atoms with Crippen LogP contribution in [0.25, 0.3) is 0 Å². The highest BCUT2D eigenvalue weighted by Gasteiger charge is 1.92. The van der Waals surface area contributed by atoms with Crippen LogP contribution in [0.5, 0.6) is 0 Å². The number of hydrogen-bond donors (Lipinski definition) is 0. The molecule has 1 aromatic carbocycles. The van der Waals surface area contributed by atoms with Gasteiger partial charge in [0.25, 0.3) is 0 Å². The molecule has 0 unspecified atom stereocenters. The molecule has 0 spiro atoms. The molecule has 0 atom stereocenters. The van der Waals surface area contributed by atoms with E-state index in [-0.39, 0.29) is 0 Å². The lowest BCUT2D eigenvalue weighted by Gasteiger charge is -2.01. The normalized spacial score (nSPS) is 10.2. The summed E-state index contributed by atoms with van der Waals surface area (Å²) in [6.45, 7) is 2.98. The first kappa shape index (κ1) is 10.5. The van der Waals surface area contributed by atoms with Gasteiger partial charge in [-0.1, -0.05) is 50.1 Å². The summed E-state index contributed by atoms with van der Waals surface area (Å²) < 4.78 is 5.55. The fourth-order valence-electron chi connectivity index (χ4n) is 1.03. The zero-order chi connectivity index (χ0) is 9.36. The van der Waals surface area contributed by atoms with Crippen LogP contribution in [0.4, 0.5) is 0 Å². The van der Waals surface area contributed by atoms with Crippen molar-refractivity contribution in [1.82, 2.24) is 0 Å². The van der Waals surface area contributed by atoms with Crippen LogP contribution in [0.15, 0.2) is 30.3 Å². The summed E-state index contributed by atoms with van der Waals surface area (Å²) in [6, 6.07) is 11.5. The Morgan fingerprint density at radius 1 is 1.23 bits per heavy atom. The van der Waals surface area contributed by atoms with Gasteiger partial charge in [-0.2, -0.15) is 0 Å². The Morgan fingerprint density at radius 3 is 2.69 bits per heavy atom. The van der Waals surface area contributed by atoms with Crippen molar-refractivity contribution >= 4 is 9.76 Å². The van der Waals surface area contributed by atoms with E-state index < -0.39 is 0 Å². The van der Waals surface area contributed by atoms with Crippen LogP contribution in [-0.2, 0) is 11.0 Å². The van der Waals surface area contributed by atoms with Gasteiger partial charge in [0.05, 0.1) is 6.61 Å². The number of hydrogen-bond acceptors (Lipinski definition) is 1. The Hall–Kier alpha value is -0.603. The Bertz CT molecular complexity index is 211. The first-order valence-electron chi connectivity index (χ1n) is 4.82. The zero-order valence-electron chi connectivity index (χ0n) is 8.12. The number of benzene rings is 1. The molecule has 0 fully saturated rings. The minimum atomic E-state index is 0.665. The summed E-state index contributed by atoms with van der Waals surface area (Å²) in [5, 5.41) is 0. The fraction of sp³-hybridized carbons (Fsp3) is 0.455. The lowest BCUT2D eigenvalue weighted by Crippen LogP contribution is -1.98. The summed E-state index contributed by atoms with van der Waals surface area (Å²) in [4.78, 5) is 0. The molecule has 0 aromatic heterocycles. The van der Waals surface area contributed by atoms with Crippen molar-refractivity contribution in [3.05, 3.63) is 35.9 Å². The molecule has 1 aromatic rings. The van der Waals surface area contributed by atoms with Gasteiger partial charge in [-0.25, -0.2) is 0 Å². The van der Waals surface area contributed by atoms with Crippen LogP contribution >= 0.6 is 0 Å². The van der Waals surface area contributed by atoms with E-state index in [0.717, 1.165) is 6.61 Å². The van der Waals surface area contributed by atoms with Crippen LogP contribution in [0.3, 0.4) is 0 Å². The van der Waals surface area contributed by atoms with Gasteiger partial charge < -0.3 is 4.43 Å². The van der Waals surface area contributed by atoms with Gasteiger partial charge in [-0.15, -0.1) is 0 Å². The van der Waals surface area contributed by atoms with E-state index in [4.69, 9.17) is 4.43 Å². The smallest absolute Gasteiger partial charge is 0.230 e. The van der Waals surface area contributed by atoms with E-state index in [1.165, 1.54) is 24.4 Å². The largest absolute Gasteiger partial charge is 0.413 e. The minimum Gasteiger partial charge on any atom is -0.413 e. The molecule has 1 rings (SSSR count). The van der Waals surface area contributed by atoms with E-state index in [1.54, 1.807) is 0 Å². The Kier molecular flexibility index (Phi) is 5.53. The van der Waals surface area contributed by atoms with Gasteiger partial charge in [-0.05, 0) is 11.6 Å². The van der Waals surface area contributed by atoms with Gasteiger partial charge in [0.2, 0.25) is 9.76 Å². The molecule has 0 aliphatic rings. The van der Waals surface area contributed by atoms with Gasteiger partial charge in [0.1, 0.15) is 0 Å². The summed E-state index contributed by atoms with van der Waals surface area (Å²) in [6.07, 6.45) is 2.55. The monoisotopic (exact) mass is 192 g/mol. The molecular formula is C11H16OSi. The first-order chi connectivity index (χ1) is 6.43. The molecule has 0 amide bonds. The maximum absolute atomic E-state index is 5.55. The van der Waals surface area contributed by atoms with Gasteiger partial charge in [0, 0.05) is 0 Å². The van der Waals surface area contributed by atoms with Gasteiger partial charge >= 0.3 is 0 Å². The Balaban J connectivity index is 2.07. The van der Waals surface area contributed by atoms with Crippen molar-refractivity contribution in [2.24, 2.45) is 0 Å². The van der Waals surface area contributed by atoms with Crippen LogP contribution < -0.4 is 0 Å². The number of unbranched alkanes of at least 4 members (excludes halogenated alkanes) is 1. The highest BCUT2D eigenvalue weighted by atomic mass is 28.2. The van der Waals surface area contributed by atoms with Crippen LogP contribution in [0, 0.1) is 0 Å². The Labute approximate surface area is 83.1 Å². The topological polar surface area (TPSA) is 9.23 Å². The van der Waals surface area contributed by atoms with Crippen molar-refractivity contribution in [3.63, 3.8) is 0 Å². The van der Waals surface area contributed by atoms with Crippen molar-refractivity contribution in [3.8, 4) is 0 Å². The van der Waals surface area contributed by atoms with Crippen LogP contribution in [-0.4, -0.2) is 9.76 Å². The van der Waals surface area contributed by atoms with Crippen molar-refractivity contribution in [1.29, 1.82) is 0 Å². The number of rotatable bonds is 6. The second kappa shape index (κ2) is 6.86. The van der Waals surface area contributed by atoms with E-state index in [0.29, 0.717) is 9.76 Å². The molecule has 0 aliphatic heterocycles. The highest BCUT2D eigenvalue weighted by Crippen LogP contribution is 2.01. The van der Waals surface area contributed by atoms with Crippen molar-refractivity contribution in [2.75, 3.05) is 0 Å².